The number of anilines is 1. The molecule has 0 unspecified atom stereocenters. The van der Waals surface area contributed by atoms with Gasteiger partial charge in [0.1, 0.15) is 0 Å². The average molecular weight is 263 g/mol. The van der Waals surface area contributed by atoms with E-state index in [-0.39, 0.29) is 6.61 Å². The third-order valence-electron chi connectivity index (χ3n) is 1.29. The van der Waals surface area contributed by atoms with Crippen molar-refractivity contribution in [1.29, 1.82) is 0 Å². The molecule has 0 aliphatic heterocycles. The van der Waals surface area contributed by atoms with Crippen LogP contribution < -0.4 is 5.32 Å². The van der Waals surface area contributed by atoms with E-state index in [1.165, 1.54) is 3.57 Å². The lowest BCUT2D eigenvalue weighted by molar-refractivity contribution is 0.311. The van der Waals surface area contributed by atoms with Gasteiger partial charge in [-0.15, -0.1) is 0 Å². The topological polar surface area (TPSA) is 32.3 Å². The van der Waals surface area contributed by atoms with E-state index in [0.29, 0.717) is 6.54 Å². The monoisotopic (exact) mass is 263 g/mol. The summed E-state index contributed by atoms with van der Waals surface area (Å²) in [5, 5.41) is 11.6. The highest BCUT2D eigenvalue weighted by atomic mass is 127. The predicted molar refractivity (Wildman–Crippen MR) is 54.7 cm³/mol. The lowest BCUT2D eigenvalue weighted by Crippen LogP contribution is -2.04. The summed E-state index contributed by atoms with van der Waals surface area (Å²) in [5.74, 6) is 0. The summed E-state index contributed by atoms with van der Waals surface area (Å²) in [4.78, 5) is 0. The van der Waals surface area contributed by atoms with Crippen LogP contribution in [0.4, 0.5) is 5.69 Å². The summed E-state index contributed by atoms with van der Waals surface area (Å²) in [6, 6.07) is 8.05. The zero-order valence-electron chi connectivity index (χ0n) is 6.05. The van der Waals surface area contributed by atoms with Gasteiger partial charge in [-0.1, -0.05) is 0 Å². The highest BCUT2D eigenvalue weighted by Gasteiger charge is 1.88. The first-order valence-electron chi connectivity index (χ1n) is 3.43. The van der Waals surface area contributed by atoms with Gasteiger partial charge in [0.05, 0.1) is 6.61 Å². The number of halogens is 1. The quantitative estimate of drug-likeness (QED) is 0.813. The number of hydrogen-bond donors (Lipinski definition) is 2. The number of rotatable bonds is 3. The molecule has 0 aromatic heterocycles. The summed E-state index contributed by atoms with van der Waals surface area (Å²) in [5.41, 5.74) is 1.06. The Bertz CT molecular complexity index is 210. The van der Waals surface area contributed by atoms with Crippen molar-refractivity contribution in [1.82, 2.24) is 0 Å². The van der Waals surface area contributed by atoms with E-state index < -0.39 is 0 Å². The van der Waals surface area contributed by atoms with Crippen LogP contribution in [0, 0.1) is 3.57 Å². The van der Waals surface area contributed by atoms with Crippen LogP contribution in [0.3, 0.4) is 0 Å². The van der Waals surface area contributed by atoms with Crippen LogP contribution in [0.1, 0.15) is 0 Å². The first kappa shape index (κ1) is 8.80. The highest BCUT2D eigenvalue weighted by Crippen LogP contribution is 2.10. The first-order valence-corrected chi connectivity index (χ1v) is 4.51. The van der Waals surface area contributed by atoms with E-state index in [2.05, 4.69) is 27.9 Å². The standard InChI is InChI=1S/C8H10INO/c9-7-1-3-8(4-2-7)10-5-6-11/h1-4,10-11H,5-6H2. The molecule has 0 fully saturated rings. The molecule has 60 valence electrons. The fourth-order valence-electron chi connectivity index (χ4n) is 0.768. The fraction of sp³-hybridized carbons (Fsp3) is 0.250. The van der Waals surface area contributed by atoms with Crippen molar-refractivity contribution in [3.63, 3.8) is 0 Å². The largest absolute Gasteiger partial charge is 0.395 e. The molecule has 0 amide bonds. The van der Waals surface area contributed by atoms with Crippen LogP contribution in [0.2, 0.25) is 0 Å². The molecule has 3 heteroatoms. The van der Waals surface area contributed by atoms with Gasteiger partial charge < -0.3 is 10.4 Å². The van der Waals surface area contributed by atoms with Crippen LogP contribution in [0.5, 0.6) is 0 Å². The number of benzene rings is 1. The zero-order valence-corrected chi connectivity index (χ0v) is 8.21. The summed E-state index contributed by atoms with van der Waals surface area (Å²) >= 11 is 2.26. The van der Waals surface area contributed by atoms with Gasteiger partial charge in [-0.05, 0) is 46.9 Å². The second kappa shape index (κ2) is 4.56. The van der Waals surface area contributed by atoms with Crippen LogP contribution in [-0.2, 0) is 0 Å². The van der Waals surface area contributed by atoms with E-state index in [9.17, 15) is 0 Å². The molecule has 0 atom stereocenters. The molecule has 0 spiro atoms. The van der Waals surface area contributed by atoms with Gasteiger partial charge in [-0.2, -0.15) is 0 Å². The third-order valence-corrected chi connectivity index (χ3v) is 2.00. The number of aliphatic hydroxyl groups is 1. The van der Waals surface area contributed by atoms with Crippen LogP contribution in [0.15, 0.2) is 24.3 Å². The van der Waals surface area contributed by atoms with Crippen LogP contribution in [-0.4, -0.2) is 18.3 Å². The second-order valence-corrected chi connectivity index (χ2v) is 3.40. The Balaban J connectivity index is 2.52. The van der Waals surface area contributed by atoms with E-state index in [1.807, 2.05) is 24.3 Å². The van der Waals surface area contributed by atoms with Crippen molar-refractivity contribution in [3.8, 4) is 0 Å². The van der Waals surface area contributed by atoms with Crippen molar-refractivity contribution in [2.45, 2.75) is 0 Å². The lowest BCUT2D eigenvalue weighted by atomic mass is 10.3. The summed E-state index contributed by atoms with van der Waals surface area (Å²) in [7, 11) is 0. The maximum absolute atomic E-state index is 8.52. The van der Waals surface area contributed by atoms with Crippen molar-refractivity contribution in [2.24, 2.45) is 0 Å². The van der Waals surface area contributed by atoms with Gasteiger partial charge in [0.25, 0.3) is 0 Å². The molecule has 1 aromatic carbocycles. The molecular weight excluding hydrogens is 253 g/mol. The molecule has 2 nitrogen and oxygen atoms in total. The Morgan fingerprint density at radius 1 is 1.27 bits per heavy atom. The molecule has 2 N–H and O–H groups in total. The molecule has 0 saturated heterocycles. The molecular formula is C8H10INO. The summed E-state index contributed by atoms with van der Waals surface area (Å²) < 4.78 is 1.22. The molecule has 1 aromatic rings. The molecule has 0 heterocycles. The minimum Gasteiger partial charge on any atom is -0.395 e. The van der Waals surface area contributed by atoms with Gasteiger partial charge in [-0.3, -0.25) is 0 Å². The van der Waals surface area contributed by atoms with Crippen LogP contribution >= 0.6 is 22.6 Å². The number of nitrogens with one attached hydrogen (secondary N) is 1. The maximum Gasteiger partial charge on any atom is 0.0604 e. The van der Waals surface area contributed by atoms with Crippen LogP contribution in [0.25, 0.3) is 0 Å². The minimum atomic E-state index is 0.173. The summed E-state index contributed by atoms with van der Waals surface area (Å²) in [6.45, 7) is 0.784. The van der Waals surface area contributed by atoms with E-state index in [4.69, 9.17) is 5.11 Å². The Morgan fingerprint density at radius 3 is 2.45 bits per heavy atom. The molecule has 11 heavy (non-hydrogen) atoms. The summed E-state index contributed by atoms with van der Waals surface area (Å²) in [6.07, 6.45) is 0. The molecule has 0 radical (unpaired) electrons. The Hall–Kier alpha value is -0.290. The Labute approximate surface area is 79.8 Å². The average Bonchev–Trinajstić information content (AvgIpc) is 2.04. The molecule has 0 aliphatic rings. The molecule has 0 aliphatic carbocycles. The molecule has 0 bridgehead atoms. The van der Waals surface area contributed by atoms with E-state index in [0.717, 1.165) is 5.69 Å². The van der Waals surface area contributed by atoms with Gasteiger partial charge in [0, 0.05) is 15.8 Å². The van der Waals surface area contributed by atoms with Gasteiger partial charge in [0.2, 0.25) is 0 Å². The maximum atomic E-state index is 8.52. The fourth-order valence-corrected chi connectivity index (χ4v) is 1.13. The zero-order chi connectivity index (χ0) is 8.10. The van der Waals surface area contributed by atoms with Gasteiger partial charge in [0.15, 0.2) is 0 Å². The second-order valence-electron chi connectivity index (χ2n) is 2.16. The molecule has 0 saturated carbocycles. The minimum absolute atomic E-state index is 0.173. The normalized spacial score (nSPS) is 9.64. The smallest absolute Gasteiger partial charge is 0.0604 e. The number of hydrogen-bond acceptors (Lipinski definition) is 2. The predicted octanol–water partition coefficient (Wildman–Crippen LogP) is 1.70. The number of aliphatic hydroxyl groups excluding tert-OH is 1. The Kier molecular flexibility index (Phi) is 3.65. The van der Waals surface area contributed by atoms with Crippen molar-refractivity contribution in [3.05, 3.63) is 27.8 Å². The van der Waals surface area contributed by atoms with Gasteiger partial charge >= 0.3 is 0 Å². The molecule has 1 rings (SSSR count). The SMILES string of the molecule is OCCNc1ccc(I)cc1. The van der Waals surface area contributed by atoms with Crippen molar-refractivity contribution < 1.29 is 5.11 Å². The first-order chi connectivity index (χ1) is 5.33. The van der Waals surface area contributed by atoms with E-state index >= 15 is 0 Å². The van der Waals surface area contributed by atoms with E-state index in [1.54, 1.807) is 0 Å². The van der Waals surface area contributed by atoms with Crippen molar-refractivity contribution >= 4 is 28.3 Å². The third kappa shape index (κ3) is 3.07. The van der Waals surface area contributed by atoms with Crippen molar-refractivity contribution in [2.75, 3.05) is 18.5 Å². The highest BCUT2D eigenvalue weighted by molar-refractivity contribution is 14.1. The Morgan fingerprint density at radius 2 is 1.91 bits per heavy atom. The lowest BCUT2D eigenvalue weighted by Gasteiger charge is -2.02. The van der Waals surface area contributed by atoms with Gasteiger partial charge in [-0.25, -0.2) is 0 Å².